The number of rotatable bonds is 8. The second-order valence-corrected chi connectivity index (χ2v) is 9.20. The smallest absolute Gasteiger partial charge is 0.352 e. The summed E-state index contributed by atoms with van der Waals surface area (Å²) in [4.78, 5) is 38.9. The molecule has 1 fully saturated rings. The number of hydrogen-bond acceptors (Lipinski definition) is 12. The van der Waals surface area contributed by atoms with Crippen LogP contribution in [-0.4, -0.2) is 88.0 Å². The molecule has 0 bridgehead atoms. The van der Waals surface area contributed by atoms with E-state index in [0.29, 0.717) is 22.0 Å². The van der Waals surface area contributed by atoms with Gasteiger partial charge in [0.25, 0.3) is 17.5 Å². The number of aliphatic carboxylic acids is 1. The first kappa shape index (κ1) is 23.1. The third-order valence-corrected chi connectivity index (χ3v) is 7.70. The van der Waals surface area contributed by atoms with Crippen LogP contribution in [0.15, 0.2) is 20.9 Å². The molecule has 2 aromatic heterocycles. The van der Waals surface area contributed by atoms with E-state index in [0.717, 1.165) is 4.90 Å². The van der Waals surface area contributed by atoms with E-state index in [-0.39, 0.29) is 29.5 Å². The molecule has 14 nitrogen and oxygen atoms in total. The number of amides is 2. The predicted molar refractivity (Wildman–Crippen MR) is 112 cm³/mol. The van der Waals surface area contributed by atoms with Crippen LogP contribution in [0, 0.1) is 6.92 Å². The van der Waals surface area contributed by atoms with Gasteiger partial charge in [0, 0.05) is 25.7 Å². The molecule has 2 aliphatic heterocycles. The number of nitrogens with one attached hydrogen (secondary N) is 1. The maximum absolute atomic E-state index is 13.1. The number of fused-ring (bicyclic) bond motifs is 1. The molecule has 4 rings (SSSR count). The molecular formula is C17H19N7O7S2. The number of aromatic nitrogens is 5. The first-order valence-electron chi connectivity index (χ1n) is 9.45. The van der Waals surface area contributed by atoms with Crippen molar-refractivity contribution in [3.63, 3.8) is 0 Å². The molecule has 3 N–H and O–H groups in total. The van der Waals surface area contributed by atoms with E-state index in [2.05, 4.69) is 26.0 Å². The van der Waals surface area contributed by atoms with Crippen LogP contribution in [0.5, 0.6) is 5.88 Å². The lowest BCUT2D eigenvalue weighted by Gasteiger charge is -2.55. The zero-order valence-electron chi connectivity index (χ0n) is 17.6. The molecule has 0 saturated carbocycles. The molecule has 0 spiro atoms. The summed E-state index contributed by atoms with van der Waals surface area (Å²) in [5.74, 6) is -2.20. The average molecular weight is 498 g/mol. The van der Waals surface area contributed by atoms with Crippen molar-refractivity contribution in [2.75, 3.05) is 18.6 Å². The van der Waals surface area contributed by atoms with E-state index in [1.165, 1.54) is 42.2 Å². The second-order valence-electron chi connectivity index (χ2n) is 7.19. The number of nitrogens with zero attached hydrogens (tertiary/aromatic N) is 6. The highest BCUT2D eigenvalue weighted by molar-refractivity contribution is 8.01. The lowest BCUT2D eigenvalue weighted by atomic mass is 9.98. The van der Waals surface area contributed by atoms with Crippen molar-refractivity contribution in [2.24, 2.45) is 7.05 Å². The first-order valence-corrected chi connectivity index (χ1v) is 11.5. The normalized spacial score (nSPS) is 22.2. The van der Waals surface area contributed by atoms with Crippen LogP contribution >= 0.6 is 23.5 Å². The molecule has 4 heterocycles. The Hall–Kier alpha value is -3.11. The quantitative estimate of drug-likeness (QED) is 0.235. The molecule has 2 aromatic rings. The van der Waals surface area contributed by atoms with Crippen LogP contribution in [-0.2, 0) is 32.6 Å². The van der Waals surface area contributed by atoms with E-state index in [9.17, 15) is 24.6 Å². The summed E-state index contributed by atoms with van der Waals surface area (Å²) in [6.07, 6.45) is -0.287. The van der Waals surface area contributed by atoms with Gasteiger partial charge in [-0.25, -0.2) is 9.48 Å². The molecule has 1 saturated heterocycles. The van der Waals surface area contributed by atoms with Crippen LogP contribution in [0.4, 0.5) is 0 Å². The van der Waals surface area contributed by atoms with Crippen molar-refractivity contribution in [3.8, 4) is 5.88 Å². The Bertz CT molecular complexity index is 1160. The maximum atomic E-state index is 13.1. The predicted octanol–water partition coefficient (Wildman–Crippen LogP) is -0.740. The molecule has 176 valence electrons. The zero-order chi connectivity index (χ0) is 23.9. The van der Waals surface area contributed by atoms with Gasteiger partial charge in [0.2, 0.25) is 11.1 Å². The molecule has 0 aliphatic carbocycles. The van der Waals surface area contributed by atoms with Gasteiger partial charge >= 0.3 is 5.97 Å². The number of β-lactam (4-membered cyclic amide) rings is 1. The fraction of sp³-hybridized carbons (Fsp3) is 0.471. The van der Waals surface area contributed by atoms with E-state index in [1.807, 2.05) is 0 Å². The van der Waals surface area contributed by atoms with Crippen LogP contribution in [0.25, 0.3) is 0 Å². The number of carbonyl (C=O) groups excluding carboxylic acids is 2. The van der Waals surface area contributed by atoms with E-state index < -0.39 is 28.9 Å². The molecule has 16 heteroatoms. The molecule has 2 atom stereocenters. The molecule has 2 amide bonds. The summed E-state index contributed by atoms with van der Waals surface area (Å²) in [6.45, 7) is 1.54. The zero-order valence-corrected chi connectivity index (χ0v) is 19.3. The van der Waals surface area contributed by atoms with Gasteiger partial charge in [-0.1, -0.05) is 11.8 Å². The van der Waals surface area contributed by atoms with Gasteiger partial charge in [-0.2, -0.15) is 0 Å². The number of carboxylic acid groups (broad SMARTS) is 1. The van der Waals surface area contributed by atoms with Crippen molar-refractivity contribution >= 4 is 41.3 Å². The number of tetrazole rings is 1. The van der Waals surface area contributed by atoms with E-state index in [4.69, 9.17) is 9.26 Å². The molecule has 0 unspecified atom stereocenters. The highest BCUT2D eigenvalue weighted by atomic mass is 32.2. The lowest BCUT2D eigenvalue weighted by Crippen LogP contribution is -2.80. The van der Waals surface area contributed by atoms with Gasteiger partial charge < -0.3 is 24.8 Å². The number of ether oxygens (including phenoxy) is 1. The number of hydrogen-bond donors (Lipinski definition) is 3. The second kappa shape index (κ2) is 8.68. The van der Waals surface area contributed by atoms with Gasteiger partial charge in [-0.15, -0.1) is 16.9 Å². The third kappa shape index (κ3) is 3.83. The summed E-state index contributed by atoms with van der Waals surface area (Å²) in [6, 6.07) is 0. The van der Waals surface area contributed by atoms with Crippen molar-refractivity contribution in [3.05, 3.63) is 22.6 Å². The molecule has 33 heavy (non-hydrogen) atoms. The minimum Gasteiger partial charge on any atom is -0.491 e. The summed E-state index contributed by atoms with van der Waals surface area (Å²) in [5, 5.41) is 36.1. The number of carbonyl (C=O) groups is 3. The van der Waals surface area contributed by atoms with Crippen LogP contribution in [0.2, 0.25) is 0 Å². The Morgan fingerprint density at radius 3 is 2.79 bits per heavy atom. The van der Waals surface area contributed by atoms with Gasteiger partial charge in [0.1, 0.15) is 11.1 Å². The van der Waals surface area contributed by atoms with Gasteiger partial charge in [-0.3, -0.25) is 14.5 Å². The minimum absolute atomic E-state index is 0.139. The van der Waals surface area contributed by atoms with Crippen molar-refractivity contribution in [1.82, 2.24) is 35.6 Å². The highest BCUT2D eigenvalue weighted by Crippen LogP contribution is 2.47. The number of carboxylic acids is 1. The summed E-state index contributed by atoms with van der Waals surface area (Å²) in [5.41, 5.74) is -1.05. The lowest BCUT2D eigenvalue weighted by molar-refractivity contribution is -0.192. The van der Waals surface area contributed by atoms with Crippen molar-refractivity contribution in [2.45, 2.75) is 29.6 Å². The Balaban J connectivity index is 1.53. The Labute approximate surface area is 194 Å². The van der Waals surface area contributed by atoms with Gasteiger partial charge in [0.15, 0.2) is 5.76 Å². The molecule has 0 radical (unpaired) electrons. The number of aryl methyl sites for hydroxylation is 1. The van der Waals surface area contributed by atoms with E-state index in [1.54, 1.807) is 7.05 Å². The van der Waals surface area contributed by atoms with Crippen molar-refractivity contribution < 1.29 is 33.9 Å². The fourth-order valence-corrected chi connectivity index (χ4v) is 5.90. The van der Waals surface area contributed by atoms with Gasteiger partial charge in [0.05, 0.1) is 12.0 Å². The highest BCUT2D eigenvalue weighted by Gasteiger charge is 2.66. The van der Waals surface area contributed by atoms with Crippen LogP contribution in [0.3, 0.4) is 0 Å². The number of thioether (sulfide) groups is 2. The largest absolute Gasteiger partial charge is 0.491 e. The monoisotopic (exact) mass is 497 g/mol. The molecular weight excluding hydrogens is 478 g/mol. The number of aromatic hydroxyl groups is 1. The summed E-state index contributed by atoms with van der Waals surface area (Å²) >= 11 is 2.52. The standard InChI is InChI=1S/C17H19N7O7S2/c1-7-9(31-20-12(7)26)4-10(25)18-17(30-3)14(29)24-11(13(27)28)8(5-32-15(17)24)6-33-16-19-21-22-23(16)2/h15H,4-6H2,1-3H3,(H,18,25)(H,20,26)(H,27,28)/t15-,17-/m0/s1. The van der Waals surface area contributed by atoms with Crippen molar-refractivity contribution in [1.29, 1.82) is 0 Å². The Morgan fingerprint density at radius 1 is 1.45 bits per heavy atom. The first-order chi connectivity index (χ1) is 15.7. The Kier molecular flexibility index (Phi) is 6.06. The fourth-order valence-electron chi connectivity index (χ4n) is 3.47. The number of methoxy groups -OCH3 is 1. The maximum Gasteiger partial charge on any atom is 0.352 e. The van der Waals surface area contributed by atoms with Gasteiger partial charge in [-0.05, 0) is 28.1 Å². The average Bonchev–Trinajstić information content (AvgIpc) is 3.34. The minimum atomic E-state index is -1.73. The topological polar surface area (TPSA) is 186 Å². The summed E-state index contributed by atoms with van der Waals surface area (Å²) < 4.78 is 11.8. The molecule has 2 aliphatic rings. The van der Waals surface area contributed by atoms with Crippen LogP contribution in [0.1, 0.15) is 11.3 Å². The van der Waals surface area contributed by atoms with E-state index >= 15 is 0 Å². The third-order valence-electron chi connectivity index (χ3n) is 5.23. The Morgan fingerprint density at radius 2 is 2.21 bits per heavy atom. The SMILES string of the molecule is CO[C@@]1(NC(=O)Cc2onc(O)c2C)C(=O)N2C(C(=O)O)=C(CSc3nnnn3C)CS[C@H]21. The summed E-state index contributed by atoms with van der Waals surface area (Å²) in [7, 11) is 2.93. The molecule has 0 aromatic carbocycles. The van der Waals surface area contributed by atoms with Crippen LogP contribution < -0.4 is 5.32 Å².